The van der Waals surface area contributed by atoms with E-state index < -0.39 is 11.2 Å². The van der Waals surface area contributed by atoms with Crippen molar-refractivity contribution in [3.8, 4) is 22.9 Å². The van der Waals surface area contributed by atoms with Crippen molar-refractivity contribution in [3.63, 3.8) is 0 Å². The van der Waals surface area contributed by atoms with Gasteiger partial charge in [-0.15, -0.1) is 0 Å². The molecule has 36 heavy (non-hydrogen) atoms. The molecule has 0 bridgehead atoms. The van der Waals surface area contributed by atoms with Crippen LogP contribution in [0.25, 0.3) is 22.6 Å². The number of hydrogen-bond donors (Lipinski definition) is 1. The van der Waals surface area contributed by atoms with E-state index in [1.807, 2.05) is 49.3 Å². The molecule has 0 fully saturated rings. The fourth-order valence-electron chi connectivity index (χ4n) is 4.81. The molecule has 1 N–H and O–H groups in total. The van der Waals surface area contributed by atoms with E-state index in [0.717, 1.165) is 22.5 Å². The average Bonchev–Trinajstić information content (AvgIpc) is 3.33. The van der Waals surface area contributed by atoms with E-state index in [9.17, 15) is 0 Å². The molecular formula is C27H24FN7O. The molecule has 0 aliphatic carbocycles. The fourth-order valence-corrected chi connectivity index (χ4v) is 4.81. The minimum absolute atomic E-state index is 0.182. The second-order valence-corrected chi connectivity index (χ2v) is 9.62. The third-order valence-corrected chi connectivity index (χ3v) is 6.68. The number of halogens is 1. The maximum atomic E-state index is 15.0. The van der Waals surface area contributed by atoms with Crippen LogP contribution >= 0.6 is 0 Å². The number of para-hydroxylation sites is 1. The van der Waals surface area contributed by atoms with Crippen molar-refractivity contribution in [1.29, 1.82) is 0 Å². The van der Waals surface area contributed by atoms with Gasteiger partial charge in [-0.05, 0) is 24.3 Å². The Morgan fingerprint density at radius 1 is 0.944 bits per heavy atom. The zero-order chi connectivity index (χ0) is 25.0. The van der Waals surface area contributed by atoms with Crippen molar-refractivity contribution >= 4 is 17.1 Å². The summed E-state index contributed by atoms with van der Waals surface area (Å²) in [4.78, 5) is 27.9. The summed E-state index contributed by atoms with van der Waals surface area (Å²) in [6.07, 6.45) is 5.01. The molecule has 1 unspecified atom stereocenters. The molecular weight excluding hydrogens is 457 g/mol. The number of anilines is 1. The predicted molar refractivity (Wildman–Crippen MR) is 135 cm³/mol. The van der Waals surface area contributed by atoms with Gasteiger partial charge >= 0.3 is 0 Å². The minimum atomic E-state index is -0.596. The van der Waals surface area contributed by atoms with Gasteiger partial charge in [0.2, 0.25) is 5.88 Å². The molecule has 4 aromatic heterocycles. The van der Waals surface area contributed by atoms with Gasteiger partial charge in [-0.3, -0.25) is 0 Å². The van der Waals surface area contributed by atoms with Gasteiger partial charge in [0, 0.05) is 60.7 Å². The summed E-state index contributed by atoms with van der Waals surface area (Å²) in [5.41, 5.74) is 3.67. The molecule has 1 atom stereocenters. The van der Waals surface area contributed by atoms with Crippen LogP contribution in [0.4, 0.5) is 10.2 Å². The van der Waals surface area contributed by atoms with Gasteiger partial charge in [0.15, 0.2) is 22.9 Å². The summed E-state index contributed by atoms with van der Waals surface area (Å²) in [5.74, 6) is 1.37. The molecule has 1 aliphatic heterocycles. The van der Waals surface area contributed by atoms with Crippen molar-refractivity contribution in [2.75, 3.05) is 19.0 Å². The first kappa shape index (κ1) is 22.1. The van der Waals surface area contributed by atoms with Crippen LogP contribution in [0.15, 0.2) is 61.1 Å². The van der Waals surface area contributed by atoms with E-state index in [1.54, 1.807) is 24.7 Å². The van der Waals surface area contributed by atoms with Crippen LogP contribution < -0.4 is 9.64 Å². The Kier molecular flexibility index (Phi) is 4.96. The topological polar surface area (TPSA) is 92.7 Å². The van der Waals surface area contributed by atoms with Crippen LogP contribution in [0.1, 0.15) is 36.7 Å². The normalized spacial score (nSPS) is 14.8. The smallest absolute Gasteiger partial charge is 0.223 e. The van der Waals surface area contributed by atoms with Gasteiger partial charge in [0.05, 0.1) is 5.69 Å². The number of fused-ring (bicyclic) bond motifs is 3. The number of rotatable bonds is 4. The summed E-state index contributed by atoms with van der Waals surface area (Å²) in [5, 5.41) is 0. The molecule has 5 heterocycles. The van der Waals surface area contributed by atoms with E-state index in [2.05, 4.69) is 33.8 Å². The molecule has 0 saturated carbocycles. The standard InChI is InChI=1S/C27H24FN7O/c1-27(2,26-33-23-24(34-26)30-13-12-29-23)21-16-6-5-7-18(28)22(16)36-25-17(21)9-10-19(32-25)15-8-11-20(31-14-15)35(3)4/h5-14,21H,1-4H3,(H,29,30,33,34). The Labute approximate surface area is 207 Å². The lowest BCUT2D eigenvalue weighted by Gasteiger charge is -2.37. The Morgan fingerprint density at radius 3 is 2.53 bits per heavy atom. The summed E-state index contributed by atoms with van der Waals surface area (Å²) in [6, 6.07) is 12.8. The van der Waals surface area contributed by atoms with Crippen LogP contribution in [0.2, 0.25) is 0 Å². The van der Waals surface area contributed by atoms with Crippen molar-refractivity contribution in [1.82, 2.24) is 29.9 Å². The van der Waals surface area contributed by atoms with E-state index in [0.29, 0.717) is 28.7 Å². The molecule has 180 valence electrons. The SMILES string of the molecule is CN(C)c1ccc(-c2ccc3c(n2)Oc2c(F)cccc2C3C(C)(C)c2nc3nccnc3[nH]2)cn1. The van der Waals surface area contributed by atoms with E-state index >= 15 is 4.39 Å². The average molecular weight is 482 g/mol. The van der Waals surface area contributed by atoms with Gasteiger partial charge < -0.3 is 14.6 Å². The summed E-state index contributed by atoms with van der Waals surface area (Å²) in [7, 11) is 3.88. The number of aromatic nitrogens is 6. The quantitative estimate of drug-likeness (QED) is 0.376. The summed E-state index contributed by atoms with van der Waals surface area (Å²) in [6.45, 7) is 4.13. The number of pyridine rings is 2. The second kappa shape index (κ2) is 8.08. The third-order valence-electron chi connectivity index (χ3n) is 6.68. The maximum Gasteiger partial charge on any atom is 0.223 e. The number of imidazole rings is 1. The molecule has 1 aliphatic rings. The van der Waals surface area contributed by atoms with E-state index in [-0.39, 0.29) is 11.7 Å². The van der Waals surface area contributed by atoms with Crippen molar-refractivity contribution in [3.05, 3.63) is 83.8 Å². The van der Waals surface area contributed by atoms with E-state index in [4.69, 9.17) is 14.7 Å². The number of nitrogens with zero attached hydrogens (tertiary/aromatic N) is 6. The zero-order valence-corrected chi connectivity index (χ0v) is 20.3. The Balaban J connectivity index is 1.49. The Bertz CT molecular complexity index is 1560. The van der Waals surface area contributed by atoms with Gasteiger partial charge in [0.25, 0.3) is 0 Å². The molecule has 8 nitrogen and oxygen atoms in total. The predicted octanol–water partition coefficient (Wildman–Crippen LogP) is 5.23. The lowest BCUT2D eigenvalue weighted by Crippen LogP contribution is -2.32. The monoisotopic (exact) mass is 481 g/mol. The Hall–Kier alpha value is -4.40. The van der Waals surface area contributed by atoms with Crippen LogP contribution in [-0.4, -0.2) is 44.0 Å². The maximum absolute atomic E-state index is 15.0. The zero-order valence-electron chi connectivity index (χ0n) is 20.3. The van der Waals surface area contributed by atoms with Gasteiger partial charge in [-0.2, -0.15) is 0 Å². The van der Waals surface area contributed by atoms with E-state index in [1.165, 1.54) is 6.07 Å². The first-order chi connectivity index (χ1) is 17.3. The van der Waals surface area contributed by atoms with Crippen LogP contribution in [0, 0.1) is 5.82 Å². The number of aromatic amines is 1. The number of hydrogen-bond acceptors (Lipinski definition) is 7. The molecule has 0 amide bonds. The third kappa shape index (κ3) is 3.46. The molecule has 5 aromatic rings. The minimum Gasteiger partial charge on any atom is -0.435 e. The van der Waals surface area contributed by atoms with Crippen LogP contribution in [-0.2, 0) is 5.41 Å². The highest BCUT2D eigenvalue weighted by Crippen LogP contribution is 2.52. The molecule has 9 heteroatoms. The molecule has 0 saturated heterocycles. The Morgan fingerprint density at radius 2 is 1.78 bits per heavy atom. The number of benzene rings is 1. The number of nitrogens with one attached hydrogen (secondary N) is 1. The first-order valence-corrected chi connectivity index (χ1v) is 11.6. The van der Waals surface area contributed by atoms with Gasteiger partial charge in [-0.1, -0.05) is 32.0 Å². The molecule has 0 radical (unpaired) electrons. The lowest BCUT2D eigenvalue weighted by atomic mass is 9.69. The highest BCUT2D eigenvalue weighted by atomic mass is 19.1. The molecule has 0 spiro atoms. The lowest BCUT2D eigenvalue weighted by molar-refractivity contribution is 0.353. The molecule has 6 rings (SSSR count). The number of H-pyrrole nitrogens is 1. The van der Waals surface area contributed by atoms with Gasteiger partial charge in [-0.25, -0.2) is 29.3 Å². The van der Waals surface area contributed by atoms with Crippen molar-refractivity contribution < 1.29 is 9.13 Å². The van der Waals surface area contributed by atoms with Gasteiger partial charge in [0.1, 0.15) is 11.6 Å². The summed E-state index contributed by atoms with van der Waals surface area (Å²) < 4.78 is 21.1. The second-order valence-electron chi connectivity index (χ2n) is 9.62. The summed E-state index contributed by atoms with van der Waals surface area (Å²) >= 11 is 0. The highest BCUT2D eigenvalue weighted by Gasteiger charge is 2.43. The number of ether oxygens (including phenoxy) is 1. The first-order valence-electron chi connectivity index (χ1n) is 11.6. The molecule has 1 aromatic carbocycles. The van der Waals surface area contributed by atoms with Crippen molar-refractivity contribution in [2.24, 2.45) is 0 Å². The van der Waals surface area contributed by atoms with Crippen LogP contribution in [0.3, 0.4) is 0 Å². The van der Waals surface area contributed by atoms with Crippen LogP contribution in [0.5, 0.6) is 11.6 Å². The van der Waals surface area contributed by atoms with Crippen molar-refractivity contribution in [2.45, 2.75) is 25.2 Å². The fraction of sp³-hybridized carbons (Fsp3) is 0.222. The largest absolute Gasteiger partial charge is 0.435 e. The highest BCUT2D eigenvalue weighted by molar-refractivity contribution is 5.66.